The normalized spacial score (nSPS) is 21.9. The van der Waals surface area contributed by atoms with Gasteiger partial charge in [-0.05, 0) is 25.0 Å². The number of nitrogens with zero attached hydrogens (tertiary/aromatic N) is 5. The van der Waals surface area contributed by atoms with Crippen molar-refractivity contribution in [3.63, 3.8) is 0 Å². The van der Waals surface area contributed by atoms with E-state index < -0.39 is 29.7 Å². The molecule has 2 bridgehead atoms. The molecule has 33 heavy (non-hydrogen) atoms. The van der Waals surface area contributed by atoms with Gasteiger partial charge >= 0.3 is 6.18 Å². The first-order chi connectivity index (χ1) is 15.8. The van der Waals surface area contributed by atoms with E-state index >= 15 is 0 Å². The van der Waals surface area contributed by atoms with Crippen LogP contribution in [-0.4, -0.2) is 48.9 Å². The molecule has 3 aromatic rings. The van der Waals surface area contributed by atoms with Gasteiger partial charge in [0.1, 0.15) is 11.9 Å². The summed E-state index contributed by atoms with van der Waals surface area (Å²) in [5.74, 6) is -0.994. The molecular formula is C22H17F4N5O2. The number of rotatable bonds is 4. The van der Waals surface area contributed by atoms with Gasteiger partial charge in [0.2, 0.25) is 5.88 Å². The zero-order valence-electron chi connectivity index (χ0n) is 17.0. The Labute approximate surface area is 185 Å². The summed E-state index contributed by atoms with van der Waals surface area (Å²) in [5, 5.41) is 0. The van der Waals surface area contributed by atoms with E-state index in [2.05, 4.69) is 19.9 Å². The number of alkyl halides is 3. The number of amides is 1. The van der Waals surface area contributed by atoms with Gasteiger partial charge in [-0.15, -0.1) is 0 Å². The average Bonchev–Trinajstić information content (AvgIpc) is 3.37. The van der Waals surface area contributed by atoms with E-state index in [1.54, 1.807) is 17.0 Å². The van der Waals surface area contributed by atoms with Crippen molar-refractivity contribution in [1.82, 2.24) is 24.8 Å². The van der Waals surface area contributed by atoms with Crippen molar-refractivity contribution in [2.45, 2.75) is 43.6 Å². The zero-order valence-corrected chi connectivity index (χ0v) is 17.0. The molecule has 0 N–H and O–H groups in total. The Morgan fingerprint density at radius 2 is 1.82 bits per heavy atom. The van der Waals surface area contributed by atoms with E-state index in [4.69, 9.17) is 4.74 Å². The number of aromatic nitrogens is 4. The van der Waals surface area contributed by atoms with Gasteiger partial charge in [-0.25, -0.2) is 24.3 Å². The predicted molar refractivity (Wildman–Crippen MR) is 106 cm³/mol. The smallest absolute Gasteiger partial charge is 0.434 e. The summed E-state index contributed by atoms with van der Waals surface area (Å²) in [6.07, 6.45) is 1.28. The number of hydrogen-bond donors (Lipinski definition) is 0. The third-order valence-electron chi connectivity index (χ3n) is 5.94. The van der Waals surface area contributed by atoms with Crippen LogP contribution in [0.4, 0.5) is 17.6 Å². The molecule has 2 fully saturated rings. The lowest BCUT2D eigenvalue weighted by molar-refractivity contribution is -0.141. The molecule has 2 aromatic heterocycles. The molecule has 0 radical (unpaired) electrons. The second-order valence-corrected chi connectivity index (χ2v) is 7.88. The lowest BCUT2D eigenvalue weighted by Crippen LogP contribution is -2.40. The highest BCUT2D eigenvalue weighted by Gasteiger charge is 2.51. The Hall–Kier alpha value is -3.63. The number of carbonyl (C=O) groups excluding carboxylic acids is 1. The fraction of sp³-hybridized carbons (Fsp3) is 0.318. The summed E-state index contributed by atoms with van der Waals surface area (Å²) in [6, 6.07) is 5.37. The molecule has 7 nitrogen and oxygen atoms in total. The molecule has 2 aliphatic heterocycles. The van der Waals surface area contributed by atoms with Gasteiger partial charge in [0.15, 0.2) is 11.5 Å². The van der Waals surface area contributed by atoms with Gasteiger partial charge in [0.25, 0.3) is 5.91 Å². The molecule has 1 amide bonds. The van der Waals surface area contributed by atoms with E-state index in [0.717, 1.165) is 12.6 Å². The molecule has 0 unspecified atom stereocenters. The Balaban J connectivity index is 1.39. The molecule has 0 saturated carbocycles. The van der Waals surface area contributed by atoms with Gasteiger partial charge in [-0.2, -0.15) is 13.2 Å². The third-order valence-corrected chi connectivity index (χ3v) is 5.94. The molecule has 5 rings (SSSR count). The first-order valence-electron chi connectivity index (χ1n) is 10.3. The van der Waals surface area contributed by atoms with Crippen LogP contribution in [0.2, 0.25) is 0 Å². The summed E-state index contributed by atoms with van der Waals surface area (Å²) < 4.78 is 58.8. The summed E-state index contributed by atoms with van der Waals surface area (Å²) in [7, 11) is 0. The van der Waals surface area contributed by atoms with Crippen molar-refractivity contribution < 1.29 is 27.1 Å². The second-order valence-electron chi connectivity index (χ2n) is 7.88. The molecule has 2 saturated heterocycles. The largest absolute Gasteiger partial charge is 0.471 e. The molecule has 1 aromatic carbocycles. The molecular weight excluding hydrogens is 442 g/mol. The standard InChI is InChI=1S/C22H17F4N5O2/c23-14-4-1-3-13(20-27-7-2-8-28-20)19(14)21(32)31-12-5-6-15(31)16(9-12)33-18-11-29-17(10-30-18)22(24,25)26/h1-4,7-8,10-12,15-16H,5-6,9H2/t12-,15+,16-/m1/s1. The predicted octanol–water partition coefficient (Wildman–Crippen LogP) is 3.92. The molecule has 4 heterocycles. The average molecular weight is 459 g/mol. The van der Waals surface area contributed by atoms with Crippen molar-refractivity contribution in [1.29, 1.82) is 0 Å². The number of halogens is 4. The molecule has 170 valence electrons. The third kappa shape index (κ3) is 3.87. The molecule has 2 aliphatic rings. The maximum atomic E-state index is 14.8. The summed E-state index contributed by atoms with van der Waals surface area (Å²) in [5.41, 5.74) is -0.941. The van der Waals surface area contributed by atoms with Gasteiger partial charge in [0.05, 0.1) is 24.0 Å². The zero-order chi connectivity index (χ0) is 23.2. The van der Waals surface area contributed by atoms with Gasteiger partial charge in [0, 0.05) is 30.4 Å². The summed E-state index contributed by atoms with van der Waals surface area (Å²) >= 11 is 0. The minimum Gasteiger partial charge on any atom is -0.471 e. The van der Waals surface area contributed by atoms with Gasteiger partial charge in [-0.1, -0.05) is 12.1 Å². The van der Waals surface area contributed by atoms with Crippen molar-refractivity contribution in [2.24, 2.45) is 0 Å². The highest BCUT2D eigenvalue weighted by atomic mass is 19.4. The lowest BCUT2D eigenvalue weighted by Gasteiger charge is -2.25. The quantitative estimate of drug-likeness (QED) is 0.551. The van der Waals surface area contributed by atoms with Crippen molar-refractivity contribution in [3.05, 3.63) is 66.1 Å². The van der Waals surface area contributed by atoms with E-state index in [-0.39, 0.29) is 34.9 Å². The maximum absolute atomic E-state index is 14.8. The fourth-order valence-electron chi connectivity index (χ4n) is 4.55. The highest BCUT2D eigenvalue weighted by Crippen LogP contribution is 2.41. The maximum Gasteiger partial charge on any atom is 0.434 e. The van der Waals surface area contributed by atoms with E-state index in [9.17, 15) is 22.4 Å². The number of hydrogen-bond acceptors (Lipinski definition) is 6. The summed E-state index contributed by atoms with van der Waals surface area (Å²) in [6.45, 7) is 0. The van der Waals surface area contributed by atoms with Gasteiger partial charge < -0.3 is 9.64 Å². The number of carbonyl (C=O) groups is 1. The van der Waals surface area contributed by atoms with Crippen LogP contribution >= 0.6 is 0 Å². The van der Waals surface area contributed by atoms with E-state index in [1.807, 2.05) is 0 Å². The SMILES string of the molecule is O=C(c1c(F)cccc1-c1ncccn1)N1[C@@H]2CC[C@H]1[C@H](Oc1cnc(C(F)(F)F)cn1)C2. The Morgan fingerprint density at radius 3 is 2.52 bits per heavy atom. The second kappa shape index (κ2) is 8.05. The molecule has 3 atom stereocenters. The number of benzene rings is 1. The first-order valence-corrected chi connectivity index (χ1v) is 10.3. The first kappa shape index (κ1) is 21.2. The highest BCUT2D eigenvalue weighted by molar-refractivity contribution is 6.01. The lowest BCUT2D eigenvalue weighted by atomic mass is 9.98. The minimum absolute atomic E-state index is 0.0581. The van der Waals surface area contributed by atoms with Crippen molar-refractivity contribution >= 4 is 5.91 Å². The Bertz CT molecular complexity index is 1170. The monoisotopic (exact) mass is 459 g/mol. The Morgan fingerprint density at radius 1 is 1.03 bits per heavy atom. The molecule has 0 spiro atoms. The van der Waals surface area contributed by atoms with Gasteiger partial charge in [-0.3, -0.25) is 4.79 Å². The Kier molecular flexibility index (Phi) is 5.18. The van der Waals surface area contributed by atoms with Crippen LogP contribution in [0.25, 0.3) is 11.4 Å². The number of fused-ring (bicyclic) bond motifs is 2. The summed E-state index contributed by atoms with van der Waals surface area (Å²) in [4.78, 5) is 30.4. The van der Waals surface area contributed by atoms with Crippen molar-refractivity contribution in [2.75, 3.05) is 0 Å². The number of ether oxygens (including phenoxy) is 1. The van der Waals surface area contributed by atoms with E-state index in [1.165, 1.54) is 24.5 Å². The van der Waals surface area contributed by atoms with Crippen LogP contribution in [0.5, 0.6) is 5.88 Å². The minimum atomic E-state index is -4.60. The van der Waals surface area contributed by atoms with Crippen molar-refractivity contribution in [3.8, 4) is 17.3 Å². The van der Waals surface area contributed by atoms with Crippen LogP contribution in [-0.2, 0) is 6.18 Å². The van der Waals surface area contributed by atoms with Crippen LogP contribution in [0.15, 0.2) is 49.1 Å². The van der Waals surface area contributed by atoms with Crippen LogP contribution in [0.3, 0.4) is 0 Å². The van der Waals surface area contributed by atoms with Crippen LogP contribution in [0.1, 0.15) is 35.3 Å². The van der Waals surface area contributed by atoms with E-state index in [0.29, 0.717) is 19.0 Å². The fourth-order valence-corrected chi connectivity index (χ4v) is 4.55. The topological polar surface area (TPSA) is 81.1 Å². The van der Waals surface area contributed by atoms with Crippen LogP contribution in [0, 0.1) is 5.82 Å². The molecule has 0 aliphatic carbocycles. The van der Waals surface area contributed by atoms with Crippen LogP contribution < -0.4 is 4.74 Å². The molecule has 11 heteroatoms.